The van der Waals surface area contributed by atoms with Gasteiger partial charge in [-0.2, -0.15) is 0 Å². The predicted octanol–water partition coefficient (Wildman–Crippen LogP) is -0.0656. The quantitative estimate of drug-likeness (QED) is 0.558. The molecule has 1 fully saturated rings. The first-order valence-electron chi connectivity index (χ1n) is 5.07. The third-order valence-electron chi connectivity index (χ3n) is 2.56. The molecule has 5 nitrogen and oxygen atoms in total. The molecule has 0 bridgehead atoms. The van der Waals surface area contributed by atoms with E-state index in [4.69, 9.17) is 11.1 Å². The fraction of sp³-hybridized carbons (Fsp3) is 0.400. The summed E-state index contributed by atoms with van der Waals surface area (Å²) in [5.41, 5.74) is 6.88. The maximum Gasteiger partial charge on any atom is 0.141 e. The molecule has 1 aromatic rings. The first-order chi connectivity index (χ1) is 7.66. The number of nitrogens with one attached hydrogen (secondary N) is 1. The van der Waals surface area contributed by atoms with E-state index in [9.17, 15) is 4.21 Å². The fourth-order valence-corrected chi connectivity index (χ4v) is 2.71. The van der Waals surface area contributed by atoms with E-state index >= 15 is 0 Å². The molecule has 1 saturated heterocycles. The van der Waals surface area contributed by atoms with Crippen LogP contribution in [0.2, 0.25) is 0 Å². The van der Waals surface area contributed by atoms with Crippen molar-refractivity contribution in [3.8, 4) is 0 Å². The van der Waals surface area contributed by atoms with Crippen LogP contribution in [0.15, 0.2) is 18.3 Å². The van der Waals surface area contributed by atoms with Gasteiger partial charge in [-0.1, -0.05) is 0 Å². The van der Waals surface area contributed by atoms with Crippen molar-refractivity contribution in [2.75, 3.05) is 29.5 Å². The summed E-state index contributed by atoms with van der Waals surface area (Å²) in [7, 11) is -0.673. The van der Waals surface area contributed by atoms with Crippen molar-refractivity contribution in [3.63, 3.8) is 0 Å². The highest BCUT2D eigenvalue weighted by atomic mass is 32.2. The first kappa shape index (κ1) is 11.1. The van der Waals surface area contributed by atoms with Gasteiger partial charge in [0.2, 0.25) is 0 Å². The van der Waals surface area contributed by atoms with Crippen LogP contribution in [0.1, 0.15) is 5.69 Å². The zero-order valence-corrected chi connectivity index (χ0v) is 9.67. The average molecular weight is 238 g/mol. The normalized spacial score (nSPS) is 17.4. The van der Waals surface area contributed by atoms with Gasteiger partial charge in [-0.3, -0.25) is 14.6 Å². The Morgan fingerprint density at radius 1 is 1.50 bits per heavy atom. The van der Waals surface area contributed by atoms with Gasteiger partial charge in [-0.15, -0.1) is 0 Å². The number of nitrogens with two attached hydrogens (primary N) is 1. The zero-order valence-electron chi connectivity index (χ0n) is 8.85. The van der Waals surface area contributed by atoms with E-state index in [1.165, 1.54) is 0 Å². The number of pyridine rings is 1. The van der Waals surface area contributed by atoms with E-state index in [1.54, 1.807) is 12.3 Å². The molecule has 0 radical (unpaired) electrons. The lowest BCUT2D eigenvalue weighted by molar-refractivity contribution is 0.673. The number of hydrogen-bond acceptors (Lipinski definition) is 4. The summed E-state index contributed by atoms with van der Waals surface area (Å²) in [6.45, 7) is 1.57. The van der Waals surface area contributed by atoms with Crippen molar-refractivity contribution in [1.29, 1.82) is 5.41 Å². The Morgan fingerprint density at radius 3 is 2.81 bits per heavy atom. The standard InChI is InChI=1S/C10H14N4OS/c11-10(12)9-7-8(1-2-13-9)14-3-5-16(15)6-4-14/h1-2,7H,3-6H2,(H3,11,12). The largest absolute Gasteiger partial charge is 0.382 e. The van der Waals surface area contributed by atoms with E-state index in [0.717, 1.165) is 18.8 Å². The van der Waals surface area contributed by atoms with Gasteiger partial charge in [0, 0.05) is 47.3 Å². The molecule has 0 aromatic carbocycles. The molecule has 2 rings (SSSR count). The van der Waals surface area contributed by atoms with Gasteiger partial charge < -0.3 is 10.6 Å². The minimum Gasteiger partial charge on any atom is -0.382 e. The second kappa shape index (κ2) is 4.61. The lowest BCUT2D eigenvalue weighted by Gasteiger charge is -2.28. The number of nitrogen functional groups attached to an aromatic ring is 1. The third kappa shape index (κ3) is 2.38. The van der Waals surface area contributed by atoms with Crippen molar-refractivity contribution < 1.29 is 4.21 Å². The smallest absolute Gasteiger partial charge is 0.141 e. The molecule has 0 atom stereocenters. The molecule has 16 heavy (non-hydrogen) atoms. The van der Waals surface area contributed by atoms with Crippen LogP contribution in [-0.4, -0.2) is 39.6 Å². The van der Waals surface area contributed by atoms with Crippen molar-refractivity contribution >= 4 is 22.3 Å². The monoisotopic (exact) mass is 238 g/mol. The van der Waals surface area contributed by atoms with E-state index in [1.807, 2.05) is 6.07 Å². The van der Waals surface area contributed by atoms with Crippen molar-refractivity contribution in [2.45, 2.75) is 0 Å². The predicted molar refractivity (Wildman–Crippen MR) is 65.3 cm³/mol. The van der Waals surface area contributed by atoms with E-state index in [0.29, 0.717) is 17.2 Å². The van der Waals surface area contributed by atoms with Crippen LogP contribution < -0.4 is 10.6 Å². The molecule has 1 aliphatic rings. The van der Waals surface area contributed by atoms with E-state index in [-0.39, 0.29) is 5.84 Å². The summed E-state index contributed by atoms with van der Waals surface area (Å²) in [4.78, 5) is 6.16. The molecule has 0 unspecified atom stereocenters. The van der Waals surface area contributed by atoms with Crippen molar-refractivity contribution in [1.82, 2.24) is 4.98 Å². The number of hydrogen-bond donors (Lipinski definition) is 2. The first-order valence-corrected chi connectivity index (χ1v) is 6.56. The molecular formula is C10H14N4OS. The van der Waals surface area contributed by atoms with Gasteiger partial charge in [0.1, 0.15) is 11.5 Å². The molecule has 6 heteroatoms. The minimum atomic E-state index is -0.673. The van der Waals surface area contributed by atoms with Crippen molar-refractivity contribution in [2.24, 2.45) is 5.73 Å². The van der Waals surface area contributed by atoms with Gasteiger partial charge in [-0.25, -0.2) is 0 Å². The molecule has 86 valence electrons. The Hall–Kier alpha value is -1.43. The number of anilines is 1. The van der Waals surface area contributed by atoms with Gasteiger partial charge >= 0.3 is 0 Å². The van der Waals surface area contributed by atoms with Crippen LogP contribution in [0, 0.1) is 5.41 Å². The Balaban J connectivity index is 2.17. The van der Waals surface area contributed by atoms with Gasteiger partial charge in [0.15, 0.2) is 0 Å². The lowest BCUT2D eigenvalue weighted by Crippen LogP contribution is -2.37. The van der Waals surface area contributed by atoms with Gasteiger partial charge in [0.25, 0.3) is 0 Å². The SMILES string of the molecule is N=C(N)c1cc(N2CCS(=O)CC2)ccn1. The molecule has 0 saturated carbocycles. The lowest BCUT2D eigenvalue weighted by atomic mass is 10.2. The van der Waals surface area contributed by atoms with Crippen LogP contribution in [-0.2, 0) is 10.8 Å². The average Bonchev–Trinajstić information content (AvgIpc) is 2.30. The van der Waals surface area contributed by atoms with Crippen LogP contribution in [0.3, 0.4) is 0 Å². The van der Waals surface area contributed by atoms with Crippen LogP contribution >= 0.6 is 0 Å². The summed E-state index contributed by atoms with van der Waals surface area (Å²) in [6, 6.07) is 3.69. The summed E-state index contributed by atoms with van der Waals surface area (Å²) >= 11 is 0. The number of amidine groups is 1. The molecule has 1 aromatic heterocycles. The second-order valence-corrected chi connectivity index (χ2v) is 5.34. The van der Waals surface area contributed by atoms with Crippen molar-refractivity contribution in [3.05, 3.63) is 24.0 Å². The number of aromatic nitrogens is 1. The molecule has 3 N–H and O–H groups in total. The minimum absolute atomic E-state index is 0.0255. The van der Waals surface area contributed by atoms with Crippen LogP contribution in [0.25, 0.3) is 0 Å². The third-order valence-corrected chi connectivity index (χ3v) is 3.84. The molecule has 1 aliphatic heterocycles. The highest BCUT2D eigenvalue weighted by molar-refractivity contribution is 7.85. The number of nitrogens with zero attached hydrogens (tertiary/aromatic N) is 2. The highest BCUT2D eigenvalue weighted by Gasteiger charge is 2.16. The second-order valence-electron chi connectivity index (χ2n) is 3.65. The fourth-order valence-electron chi connectivity index (χ4n) is 1.66. The molecule has 0 amide bonds. The Bertz CT molecular complexity index is 425. The van der Waals surface area contributed by atoms with Crippen LogP contribution in [0.4, 0.5) is 5.69 Å². The molecule has 2 heterocycles. The summed E-state index contributed by atoms with van der Waals surface area (Å²) in [6.07, 6.45) is 1.65. The summed E-state index contributed by atoms with van der Waals surface area (Å²) < 4.78 is 11.2. The van der Waals surface area contributed by atoms with E-state index < -0.39 is 10.8 Å². The van der Waals surface area contributed by atoms with Crippen LogP contribution in [0.5, 0.6) is 0 Å². The zero-order chi connectivity index (χ0) is 11.5. The Morgan fingerprint density at radius 2 is 2.19 bits per heavy atom. The summed E-state index contributed by atoms with van der Waals surface area (Å²) in [5, 5.41) is 7.33. The Kier molecular flexibility index (Phi) is 3.19. The van der Waals surface area contributed by atoms with E-state index in [2.05, 4.69) is 9.88 Å². The highest BCUT2D eigenvalue weighted by Crippen LogP contribution is 2.16. The van der Waals surface area contributed by atoms with Gasteiger partial charge in [0.05, 0.1) is 0 Å². The molecule has 0 spiro atoms. The molecular weight excluding hydrogens is 224 g/mol. The number of rotatable bonds is 2. The Labute approximate surface area is 96.6 Å². The maximum absolute atomic E-state index is 11.2. The topological polar surface area (TPSA) is 83.1 Å². The maximum atomic E-state index is 11.2. The summed E-state index contributed by atoms with van der Waals surface area (Å²) in [5.74, 6) is 1.39. The molecule has 0 aliphatic carbocycles. The van der Waals surface area contributed by atoms with Gasteiger partial charge in [-0.05, 0) is 12.1 Å².